The first-order valence-electron chi connectivity index (χ1n) is 10.0. The summed E-state index contributed by atoms with van der Waals surface area (Å²) in [6.45, 7) is 4.14. The first-order valence-corrected chi connectivity index (χ1v) is 10.8. The average Bonchev–Trinajstić information content (AvgIpc) is 3.24. The Morgan fingerprint density at radius 2 is 1.87 bits per heavy atom. The second kappa shape index (κ2) is 8.29. The van der Waals surface area contributed by atoms with Crippen LogP contribution in [0.2, 0.25) is 10.0 Å². The lowest BCUT2D eigenvalue weighted by molar-refractivity contribution is -0.0189. The average molecular weight is 451 g/mol. The van der Waals surface area contributed by atoms with Crippen molar-refractivity contribution >= 4 is 28.9 Å². The van der Waals surface area contributed by atoms with Gasteiger partial charge in [-0.15, -0.1) is 0 Å². The monoisotopic (exact) mass is 450 g/mol. The number of rotatable bonds is 5. The summed E-state index contributed by atoms with van der Waals surface area (Å²) in [6, 6.07) is 21.6. The topological polar surface area (TPSA) is 34.1 Å². The van der Waals surface area contributed by atoms with E-state index in [0.717, 1.165) is 34.6 Å². The van der Waals surface area contributed by atoms with Gasteiger partial charge in [-0.2, -0.15) is 5.10 Å². The molecule has 0 N–H and O–H groups in total. The van der Waals surface area contributed by atoms with E-state index < -0.39 is 6.23 Å². The van der Waals surface area contributed by atoms with Gasteiger partial charge in [0.25, 0.3) is 0 Å². The molecule has 6 heteroatoms. The molecule has 2 heterocycles. The number of hydrogen-bond acceptors (Lipinski definition) is 4. The van der Waals surface area contributed by atoms with Gasteiger partial charge in [0.2, 0.25) is 6.23 Å². The normalized spacial score (nSPS) is 19.2. The standard InChI is InChI=1S/C25H20Cl2N2O2/c1-2-12-30-19-10-8-17(9-11-19)25-29-23(15-22(28-29)16-6-4-3-5-7-16)20-13-18(26)14-21(27)24(20)31-25/h2-11,13-14,23,25H,1,12,15H2/t23-,25+/m1/s1. The number of hydrogen-bond donors (Lipinski definition) is 0. The van der Waals surface area contributed by atoms with Crippen molar-refractivity contribution in [1.29, 1.82) is 0 Å². The maximum Gasteiger partial charge on any atom is 0.213 e. The summed E-state index contributed by atoms with van der Waals surface area (Å²) in [5.41, 5.74) is 4.02. The number of nitrogens with zero attached hydrogens (tertiary/aromatic N) is 2. The van der Waals surface area contributed by atoms with Crippen molar-refractivity contribution in [2.75, 3.05) is 6.61 Å². The Balaban J connectivity index is 1.55. The van der Waals surface area contributed by atoms with Crippen molar-refractivity contribution in [2.45, 2.75) is 18.7 Å². The molecular formula is C25H20Cl2N2O2. The Morgan fingerprint density at radius 1 is 1.10 bits per heavy atom. The highest BCUT2D eigenvalue weighted by Gasteiger charge is 2.42. The zero-order chi connectivity index (χ0) is 21.4. The molecule has 156 valence electrons. The number of halogens is 2. The predicted octanol–water partition coefficient (Wildman–Crippen LogP) is 6.80. The third kappa shape index (κ3) is 3.78. The zero-order valence-electron chi connectivity index (χ0n) is 16.7. The molecule has 0 bridgehead atoms. The summed E-state index contributed by atoms with van der Waals surface area (Å²) in [6.07, 6.45) is 2.05. The highest BCUT2D eigenvalue weighted by atomic mass is 35.5. The third-order valence-electron chi connectivity index (χ3n) is 5.45. The fraction of sp³-hybridized carbons (Fsp3) is 0.160. The van der Waals surface area contributed by atoms with Crippen molar-refractivity contribution in [3.05, 3.63) is 106 Å². The van der Waals surface area contributed by atoms with Crippen LogP contribution >= 0.6 is 23.2 Å². The third-order valence-corrected chi connectivity index (χ3v) is 5.95. The molecule has 2 aliphatic rings. The minimum Gasteiger partial charge on any atom is -0.490 e. The summed E-state index contributed by atoms with van der Waals surface area (Å²) in [4.78, 5) is 0. The van der Waals surface area contributed by atoms with Crippen LogP contribution < -0.4 is 9.47 Å². The van der Waals surface area contributed by atoms with Gasteiger partial charge in [0.05, 0.1) is 16.8 Å². The second-order valence-corrected chi connectivity index (χ2v) is 8.30. The summed E-state index contributed by atoms with van der Waals surface area (Å²) >= 11 is 12.9. The van der Waals surface area contributed by atoms with E-state index in [-0.39, 0.29) is 6.04 Å². The van der Waals surface area contributed by atoms with Crippen LogP contribution in [0.25, 0.3) is 0 Å². The molecule has 4 nitrogen and oxygen atoms in total. The summed E-state index contributed by atoms with van der Waals surface area (Å²) in [5, 5.41) is 8.07. The Bertz CT molecular complexity index is 1150. The van der Waals surface area contributed by atoms with E-state index >= 15 is 0 Å². The lowest BCUT2D eigenvalue weighted by Crippen LogP contribution is -2.33. The van der Waals surface area contributed by atoms with Gasteiger partial charge in [-0.05, 0) is 42.0 Å². The van der Waals surface area contributed by atoms with Crippen molar-refractivity contribution in [1.82, 2.24) is 5.01 Å². The number of hydrazone groups is 1. The summed E-state index contributed by atoms with van der Waals surface area (Å²) < 4.78 is 12.0. The lowest BCUT2D eigenvalue weighted by Gasteiger charge is -2.38. The van der Waals surface area contributed by atoms with Gasteiger partial charge in [0, 0.05) is 22.6 Å². The molecule has 2 atom stereocenters. The zero-order valence-corrected chi connectivity index (χ0v) is 18.2. The minimum atomic E-state index is -0.411. The molecule has 3 aromatic rings. The Morgan fingerprint density at radius 3 is 2.61 bits per heavy atom. The highest BCUT2D eigenvalue weighted by Crippen LogP contribution is 2.50. The summed E-state index contributed by atoms with van der Waals surface area (Å²) in [7, 11) is 0. The molecule has 0 aliphatic carbocycles. The maximum absolute atomic E-state index is 6.53. The molecule has 0 saturated heterocycles. The fourth-order valence-corrected chi connectivity index (χ4v) is 4.58. The molecule has 31 heavy (non-hydrogen) atoms. The Hall–Kier alpha value is -2.95. The molecule has 5 rings (SSSR count). The number of ether oxygens (including phenoxy) is 2. The largest absolute Gasteiger partial charge is 0.490 e. The van der Waals surface area contributed by atoms with Crippen LogP contribution in [0.3, 0.4) is 0 Å². The molecule has 0 spiro atoms. The molecule has 0 saturated carbocycles. The van der Waals surface area contributed by atoms with Gasteiger partial charge < -0.3 is 9.47 Å². The van der Waals surface area contributed by atoms with Crippen molar-refractivity contribution in [3.63, 3.8) is 0 Å². The number of fused-ring (bicyclic) bond motifs is 3. The molecule has 0 radical (unpaired) electrons. The lowest BCUT2D eigenvalue weighted by atomic mass is 9.96. The van der Waals surface area contributed by atoms with E-state index in [1.54, 1.807) is 12.1 Å². The van der Waals surface area contributed by atoms with Crippen LogP contribution in [0.5, 0.6) is 11.5 Å². The van der Waals surface area contributed by atoms with Crippen LogP contribution in [-0.4, -0.2) is 17.3 Å². The van der Waals surface area contributed by atoms with E-state index in [1.807, 2.05) is 53.5 Å². The second-order valence-electron chi connectivity index (χ2n) is 7.46. The van der Waals surface area contributed by atoms with Gasteiger partial charge in [0.15, 0.2) is 0 Å². The first-order chi connectivity index (χ1) is 15.1. The van der Waals surface area contributed by atoms with Gasteiger partial charge in [-0.25, -0.2) is 5.01 Å². The van der Waals surface area contributed by atoms with Crippen molar-refractivity contribution in [3.8, 4) is 11.5 Å². The fourth-order valence-electron chi connectivity index (χ4n) is 4.02. The van der Waals surface area contributed by atoms with Gasteiger partial charge in [-0.3, -0.25) is 0 Å². The number of benzene rings is 3. The van der Waals surface area contributed by atoms with Crippen molar-refractivity contribution in [2.24, 2.45) is 5.10 Å². The quantitative estimate of drug-likeness (QED) is 0.400. The van der Waals surface area contributed by atoms with Gasteiger partial charge in [-0.1, -0.05) is 66.2 Å². The first kappa shape index (κ1) is 20.0. The molecular weight excluding hydrogens is 431 g/mol. The summed E-state index contributed by atoms with van der Waals surface area (Å²) in [5.74, 6) is 1.44. The van der Waals surface area contributed by atoms with Gasteiger partial charge >= 0.3 is 0 Å². The van der Waals surface area contributed by atoms with E-state index in [4.69, 9.17) is 37.8 Å². The SMILES string of the molecule is C=CCOc1ccc([C@@H]2Oc3c(Cl)cc(Cl)cc3[C@H]3CC(c4ccccc4)=NN32)cc1. The van der Waals surface area contributed by atoms with Crippen molar-refractivity contribution < 1.29 is 9.47 Å². The molecule has 0 aromatic heterocycles. The molecule has 0 amide bonds. The van der Waals surface area contributed by atoms with Crippen LogP contribution in [0.15, 0.2) is 84.5 Å². The van der Waals surface area contributed by atoms with E-state index in [1.165, 1.54) is 0 Å². The van der Waals surface area contributed by atoms with E-state index in [2.05, 4.69) is 18.7 Å². The van der Waals surface area contributed by atoms with E-state index in [9.17, 15) is 0 Å². The van der Waals surface area contributed by atoms with Crippen LogP contribution in [-0.2, 0) is 0 Å². The minimum absolute atomic E-state index is 0.0168. The van der Waals surface area contributed by atoms with Crippen LogP contribution in [0.4, 0.5) is 0 Å². The molecule has 3 aromatic carbocycles. The highest BCUT2D eigenvalue weighted by molar-refractivity contribution is 6.35. The maximum atomic E-state index is 6.53. The molecule has 0 fully saturated rings. The Labute approximate surface area is 191 Å². The van der Waals surface area contributed by atoms with E-state index in [0.29, 0.717) is 22.4 Å². The predicted molar refractivity (Wildman–Crippen MR) is 124 cm³/mol. The van der Waals surface area contributed by atoms with Crippen LogP contribution in [0.1, 0.15) is 35.4 Å². The molecule has 2 aliphatic heterocycles. The van der Waals surface area contributed by atoms with Gasteiger partial charge in [0.1, 0.15) is 18.1 Å². The smallest absolute Gasteiger partial charge is 0.213 e. The Kier molecular flexibility index (Phi) is 5.34. The van der Waals surface area contributed by atoms with Crippen LogP contribution in [0, 0.1) is 0 Å². The molecule has 0 unspecified atom stereocenters.